The van der Waals surface area contributed by atoms with E-state index in [-0.39, 0.29) is 11.9 Å². The fourth-order valence-corrected chi connectivity index (χ4v) is 4.60. The van der Waals surface area contributed by atoms with Gasteiger partial charge in [0.25, 0.3) is 0 Å². The van der Waals surface area contributed by atoms with Crippen molar-refractivity contribution in [1.29, 1.82) is 5.26 Å². The molecule has 1 saturated heterocycles. The van der Waals surface area contributed by atoms with Crippen molar-refractivity contribution in [2.75, 3.05) is 6.54 Å². The third-order valence-electron chi connectivity index (χ3n) is 7.03. The predicted octanol–water partition coefficient (Wildman–Crippen LogP) is 6.72. The smallest absolute Gasteiger partial charge is 0.411 e. The van der Waals surface area contributed by atoms with Gasteiger partial charge < -0.3 is 9.64 Å². The normalized spacial score (nSPS) is 18.9. The number of cyclic esters (lactones) is 1. The van der Waals surface area contributed by atoms with Crippen LogP contribution in [0.25, 0.3) is 11.3 Å². The van der Waals surface area contributed by atoms with E-state index in [1.807, 2.05) is 58.0 Å². The van der Waals surface area contributed by atoms with Gasteiger partial charge in [-0.3, -0.25) is 0 Å². The summed E-state index contributed by atoms with van der Waals surface area (Å²) in [4.78, 5) is 23.7. The van der Waals surface area contributed by atoms with Crippen LogP contribution in [-0.2, 0) is 10.3 Å². The highest BCUT2D eigenvalue weighted by atomic mass is 19.1. The average Bonchev–Trinajstić information content (AvgIpc) is 2.88. The number of hydrogen-bond donors (Lipinski definition) is 0. The number of hydrogen-bond acceptors (Lipinski definition) is 5. The van der Waals surface area contributed by atoms with E-state index in [4.69, 9.17) is 4.74 Å². The molecule has 0 N–H and O–H groups in total. The summed E-state index contributed by atoms with van der Waals surface area (Å²) < 4.78 is 19.8. The van der Waals surface area contributed by atoms with E-state index in [1.54, 1.807) is 23.2 Å². The summed E-state index contributed by atoms with van der Waals surface area (Å²) in [6.07, 6.45) is 2.91. The Balaban J connectivity index is 1.53. The van der Waals surface area contributed by atoms with Crippen molar-refractivity contribution < 1.29 is 13.9 Å². The number of aryl methyl sites for hydroxylation is 1. The van der Waals surface area contributed by atoms with Gasteiger partial charge in [-0.15, -0.1) is 0 Å². The largest absolute Gasteiger partial charge is 0.438 e. The van der Waals surface area contributed by atoms with Gasteiger partial charge in [-0.2, -0.15) is 5.26 Å². The number of carbonyl (C=O) groups is 1. The van der Waals surface area contributed by atoms with Crippen molar-refractivity contribution in [2.24, 2.45) is 5.41 Å². The van der Waals surface area contributed by atoms with E-state index >= 15 is 0 Å². The van der Waals surface area contributed by atoms with Gasteiger partial charge in [0.15, 0.2) is 0 Å². The minimum atomic E-state index is -0.899. The Hall–Kier alpha value is -3.79. The third kappa shape index (κ3) is 5.38. The summed E-state index contributed by atoms with van der Waals surface area (Å²) in [7, 11) is 0. The first-order valence-corrected chi connectivity index (χ1v) is 12.2. The molecule has 4 rings (SSSR count). The second-order valence-corrected chi connectivity index (χ2v) is 10.1. The molecule has 3 aromatic rings. The number of aromatic nitrogens is 2. The molecule has 2 atom stereocenters. The van der Waals surface area contributed by atoms with Crippen LogP contribution in [0.1, 0.15) is 63.0 Å². The summed E-state index contributed by atoms with van der Waals surface area (Å²) >= 11 is 0. The molecule has 1 amide bonds. The van der Waals surface area contributed by atoms with Crippen LogP contribution < -0.4 is 0 Å². The number of rotatable bonds is 7. The maximum absolute atomic E-state index is 13.6. The molecule has 186 valence electrons. The Morgan fingerprint density at radius 1 is 1.17 bits per heavy atom. The van der Waals surface area contributed by atoms with Gasteiger partial charge in [0, 0.05) is 24.7 Å². The van der Waals surface area contributed by atoms with Gasteiger partial charge in [0.05, 0.1) is 23.2 Å². The van der Waals surface area contributed by atoms with Crippen LogP contribution in [0.2, 0.25) is 0 Å². The molecule has 0 unspecified atom stereocenters. The second kappa shape index (κ2) is 10.1. The second-order valence-electron chi connectivity index (χ2n) is 10.1. The Morgan fingerprint density at radius 3 is 2.47 bits per heavy atom. The molecule has 1 aliphatic rings. The molecule has 7 heteroatoms. The molecule has 0 radical (unpaired) electrons. The summed E-state index contributed by atoms with van der Waals surface area (Å²) in [5.41, 5.74) is 2.11. The van der Waals surface area contributed by atoms with Crippen molar-refractivity contribution in [2.45, 2.75) is 58.6 Å². The zero-order valence-corrected chi connectivity index (χ0v) is 21.2. The van der Waals surface area contributed by atoms with E-state index in [2.05, 4.69) is 16.0 Å². The van der Waals surface area contributed by atoms with Crippen molar-refractivity contribution in [1.82, 2.24) is 14.9 Å². The molecule has 2 heterocycles. The van der Waals surface area contributed by atoms with Gasteiger partial charge in [-0.25, -0.2) is 19.2 Å². The van der Waals surface area contributed by atoms with Gasteiger partial charge >= 0.3 is 6.09 Å². The molecule has 1 fully saturated rings. The topological polar surface area (TPSA) is 79.1 Å². The van der Waals surface area contributed by atoms with Gasteiger partial charge in [-0.1, -0.05) is 36.4 Å². The molecule has 0 aliphatic carbocycles. The number of benzene rings is 2. The summed E-state index contributed by atoms with van der Waals surface area (Å²) in [5.74, 6) is 0.369. The zero-order chi connectivity index (χ0) is 25.9. The number of nitriles is 1. The molecular weight excluding hydrogens is 455 g/mol. The number of carbonyl (C=O) groups excluding carboxylic acids is 1. The van der Waals surface area contributed by atoms with E-state index in [1.165, 1.54) is 12.1 Å². The van der Waals surface area contributed by atoms with Gasteiger partial charge in [-0.05, 0) is 69.9 Å². The molecule has 36 heavy (non-hydrogen) atoms. The molecule has 0 spiro atoms. The third-order valence-corrected chi connectivity index (χ3v) is 7.03. The van der Waals surface area contributed by atoms with Crippen molar-refractivity contribution in [3.8, 4) is 17.3 Å². The Labute approximate surface area is 211 Å². The lowest BCUT2D eigenvalue weighted by Gasteiger charge is -2.44. The molecule has 0 bridgehead atoms. The van der Waals surface area contributed by atoms with Gasteiger partial charge in [0.2, 0.25) is 0 Å². The molecular formula is C29H31FN4O2. The van der Waals surface area contributed by atoms with Crippen LogP contribution in [0, 0.1) is 29.5 Å². The van der Waals surface area contributed by atoms with E-state index < -0.39 is 17.1 Å². The standard InChI is InChI=1S/C29H31FN4O2/c1-20(22-5-7-23(8-6-22)26-13-17-32-21(2)33-26)34-18-16-29(36-27(34)35,15-14-28(3,4)19-31)24-9-11-25(30)12-10-24/h5-13,17,20H,14-16,18H2,1-4H3/t20-,29+/m0/s1. The quantitative estimate of drug-likeness (QED) is 0.370. The highest BCUT2D eigenvalue weighted by molar-refractivity contribution is 5.70. The van der Waals surface area contributed by atoms with Gasteiger partial charge in [0.1, 0.15) is 17.2 Å². The number of halogens is 1. The van der Waals surface area contributed by atoms with E-state index in [9.17, 15) is 14.4 Å². The summed E-state index contributed by atoms with van der Waals surface area (Å²) in [5, 5.41) is 9.49. The fraction of sp³-hybridized carbons (Fsp3) is 0.379. The zero-order valence-electron chi connectivity index (χ0n) is 21.2. The minimum Gasteiger partial charge on any atom is -0.438 e. The molecule has 1 aliphatic heterocycles. The van der Waals surface area contributed by atoms with Crippen LogP contribution in [0.4, 0.5) is 9.18 Å². The lowest BCUT2D eigenvalue weighted by Crippen LogP contribution is -2.49. The summed E-state index contributed by atoms with van der Waals surface area (Å²) in [6.45, 7) is 8.06. The maximum Gasteiger partial charge on any atom is 0.411 e. The average molecular weight is 487 g/mol. The number of amides is 1. The highest BCUT2D eigenvalue weighted by Gasteiger charge is 2.44. The number of nitrogens with zero attached hydrogens (tertiary/aromatic N) is 4. The molecule has 1 aromatic heterocycles. The molecule has 2 aromatic carbocycles. The minimum absolute atomic E-state index is 0.194. The predicted molar refractivity (Wildman–Crippen MR) is 135 cm³/mol. The molecule has 6 nitrogen and oxygen atoms in total. The summed E-state index contributed by atoms with van der Waals surface area (Å²) in [6, 6.07) is 18.1. The maximum atomic E-state index is 13.6. The SMILES string of the molecule is Cc1nccc(-c2ccc([C@H](C)N3CC[C@](CCC(C)(C)C#N)(c4ccc(F)cc4)OC3=O)cc2)n1. The van der Waals surface area contributed by atoms with E-state index in [0.717, 1.165) is 22.4 Å². The lowest BCUT2D eigenvalue weighted by atomic mass is 9.78. The van der Waals surface area contributed by atoms with Crippen molar-refractivity contribution in [3.63, 3.8) is 0 Å². The number of ether oxygens (including phenoxy) is 1. The van der Waals surface area contributed by atoms with Crippen LogP contribution in [0.5, 0.6) is 0 Å². The molecule has 0 saturated carbocycles. The first-order valence-electron chi connectivity index (χ1n) is 12.2. The van der Waals surface area contributed by atoms with Crippen LogP contribution in [0.15, 0.2) is 60.8 Å². The first-order chi connectivity index (χ1) is 17.1. The Morgan fingerprint density at radius 2 is 1.86 bits per heavy atom. The first kappa shape index (κ1) is 25.3. The lowest BCUT2D eigenvalue weighted by molar-refractivity contribution is -0.0692. The van der Waals surface area contributed by atoms with Crippen LogP contribution in [0.3, 0.4) is 0 Å². The Kier molecular flexibility index (Phi) is 7.07. The van der Waals surface area contributed by atoms with Crippen LogP contribution in [-0.4, -0.2) is 27.5 Å². The fourth-order valence-electron chi connectivity index (χ4n) is 4.60. The van der Waals surface area contributed by atoms with Crippen molar-refractivity contribution >= 4 is 6.09 Å². The van der Waals surface area contributed by atoms with Crippen molar-refractivity contribution in [3.05, 3.63) is 83.6 Å². The highest BCUT2D eigenvalue weighted by Crippen LogP contribution is 2.42. The van der Waals surface area contributed by atoms with E-state index in [0.29, 0.717) is 31.6 Å². The van der Waals surface area contributed by atoms with Crippen LogP contribution >= 0.6 is 0 Å². The Bertz CT molecular complexity index is 1270. The monoisotopic (exact) mass is 486 g/mol.